The van der Waals surface area contributed by atoms with Gasteiger partial charge in [-0.3, -0.25) is 27.2 Å². The summed E-state index contributed by atoms with van der Waals surface area (Å²) in [4.78, 5) is 28.0. The molecule has 4 aromatic carbocycles. The lowest BCUT2D eigenvalue weighted by Gasteiger charge is -2.26. The molecule has 0 radical (unpaired) electrons. The fourth-order valence-corrected chi connectivity index (χ4v) is 15.2. The number of Topliss-reactive ketones (excluding diaryl/α,β-unsaturated/α-hetero) is 2. The van der Waals surface area contributed by atoms with Crippen molar-refractivity contribution in [2.75, 3.05) is 138 Å². The number of nitrogens with one attached hydrogen (secondary N) is 3. The Morgan fingerprint density at radius 3 is 0.907 bits per heavy atom. The minimum absolute atomic E-state index is 0.367. The number of benzene rings is 4. The Bertz CT molecular complexity index is 5500. The van der Waals surface area contributed by atoms with Gasteiger partial charge in [-0.15, -0.1) is 40.8 Å². The molecule has 16 rings (SSSR count). The maximum absolute atomic E-state index is 11.2. The number of ether oxygens (including phenoxy) is 4. The highest BCUT2D eigenvalue weighted by Crippen LogP contribution is 2.40. The van der Waals surface area contributed by atoms with E-state index < -0.39 is 23.9 Å². The first-order chi connectivity index (χ1) is 56.6. The van der Waals surface area contributed by atoms with Crippen LogP contribution in [0.4, 0.5) is 50.1 Å². The third-order valence-corrected chi connectivity index (χ3v) is 21.3. The van der Waals surface area contributed by atoms with E-state index in [2.05, 4.69) is 128 Å². The molecular weight excluding hydrogens is 1710 g/mol. The second-order valence-electron chi connectivity index (χ2n) is 27.4. The summed E-state index contributed by atoms with van der Waals surface area (Å²) in [6, 6.07) is 30.7. The lowest BCUT2D eigenvalue weighted by Crippen LogP contribution is -2.39. The van der Waals surface area contributed by atoms with Gasteiger partial charge in [0.2, 0.25) is 23.8 Å². The standard InChI is InChI=1S/C20H23Cl2N5O.C19H21Cl2N5O.C18H19Cl2N5O.C17H17Cl2N5O.C4F6O2/c1-13(2)23-11-14-9-19-24-25-20(26-5-7-28-8-6-26)27(19)12-17(14)16-4-3-15(21)10-18(16)22;1-2-22-11-13-9-18-23-24-19(25-5-7-27-8-6-25)26(18)12-16(13)15-4-3-14(20)10-17(15)21;1-21-10-12-8-17-22-23-18(24-4-6-26-7-5-24)25(17)11-15(12)14-3-2-13(19)9-16(14)20;18-12-1-2-13(15(19)8-12)14-10-24-16(7-11(14)9-20)21-22-17(24)23-3-5-25-6-4-23;5-3(6,7)1(11)2(12)4(8,9)10/h3-4,9-10,12-13,23H,5-8,11H2,1-2H3;3-4,9-10,12,22H,2,5-8,11H2,1H3;2-3,8-9,11,21H,4-7,10H2,1H3;1-2,7-8,10H,3-6,9,20H2;. The number of fused-ring (bicyclic) bond motifs is 4. The SMILES string of the molecule is CC(C)NCc1cc2nnc(N3CCOCC3)n2cc1-c1ccc(Cl)cc1Cl.CCNCc1cc2nnc(N3CCOCC3)n2cc1-c1ccc(Cl)cc1Cl.CNCc1cc2nnc(N3CCOCC3)n2cc1-c1ccc(Cl)cc1Cl.NCc1cc2nnc(N3CCOCC3)n2cc1-c1ccc(Cl)cc1Cl.O=C(C(=O)C(F)(F)F)C(F)(F)F. The zero-order valence-electron chi connectivity index (χ0n) is 63.9. The van der Waals surface area contributed by atoms with Gasteiger partial charge in [-0.25, -0.2) is 0 Å². The number of pyridine rings is 4. The molecule has 0 amide bonds. The van der Waals surface area contributed by atoms with Crippen LogP contribution in [0.2, 0.25) is 40.2 Å². The van der Waals surface area contributed by atoms with Crippen molar-refractivity contribution in [2.24, 2.45) is 5.73 Å². The molecule has 12 aromatic rings. The highest BCUT2D eigenvalue weighted by atomic mass is 35.5. The molecule has 0 atom stereocenters. The van der Waals surface area contributed by atoms with E-state index in [1.807, 2.05) is 91.5 Å². The van der Waals surface area contributed by atoms with Crippen molar-refractivity contribution in [3.05, 3.63) is 184 Å². The van der Waals surface area contributed by atoms with Crippen molar-refractivity contribution in [2.45, 2.75) is 65.3 Å². The highest BCUT2D eigenvalue weighted by molar-refractivity contribution is 6.41. The molecule has 4 fully saturated rings. The summed E-state index contributed by atoms with van der Waals surface area (Å²) in [5, 5.41) is 50.0. The van der Waals surface area contributed by atoms with Crippen LogP contribution in [0.15, 0.2) is 122 Å². The number of carbonyl (C=O) groups is 2. The number of halogens is 14. The van der Waals surface area contributed by atoms with Crippen LogP contribution < -0.4 is 41.3 Å². The number of anilines is 4. The molecule has 4 saturated heterocycles. The number of nitrogens with zero attached hydrogens (tertiary/aromatic N) is 16. The van der Waals surface area contributed by atoms with E-state index >= 15 is 0 Å². The van der Waals surface area contributed by atoms with Crippen LogP contribution in [0.1, 0.15) is 43.0 Å². The van der Waals surface area contributed by atoms with Crippen LogP contribution in [-0.4, -0.2) is 207 Å². The van der Waals surface area contributed by atoms with Gasteiger partial charge in [-0.05, 0) is 109 Å². The zero-order chi connectivity index (χ0) is 84.1. The first-order valence-electron chi connectivity index (χ1n) is 37.3. The Morgan fingerprint density at radius 1 is 0.398 bits per heavy atom. The third kappa shape index (κ3) is 21.6. The molecule has 12 heterocycles. The molecule has 0 saturated carbocycles. The van der Waals surface area contributed by atoms with Gasteiger partial charge in [0.1, 0.15) is 0 Å². The lowest BCUT2D eigenvalue weighted by molar-refractivity contribution is -0.193. The Balaban J connectivity index is 0.000000138. The minimum atomic E-state index is -5.77. The van der Waals surface area contributed by atoms with Gasteiger partial charge in [0, 0.05) is 194 Å². The topological polar surface area (TPSA) is 267 Å². The second kappa shape index (κ2) is 40.2. The van der Waals surface area contributed by atoms with Crippen LogP contribution >= 0.6 is 92.8 Å². The van der Waals surface area contributed by atoms with E-state index in [9.17, 15) is 35.9 Å². The van der Waals surface area contributed by atoms with Crippen molar-refractivity contribution in [3.8, 4) is 44.5 Å². The lowest BCUT2D eigenvalue weighted by atomic mass is 10.0. The molecule has 0 spiro atoms. The zero-order valence-corrected chi connectivity index (χ0v) is 70.0. The predicted octanol–water partition coefficient (Wildman–Crippen LogP) is 15.2. The summed E-state index contributed by atoms with van der Waals surface area (Å²) in [7, 11) is 1.92. The molecule has 4 aliphatic heterocycles. The van der Waals surface area contributed by atoms with E-state index in [1.54, 1.807) is 24.3 Å². The smallest absolute Gasteiger partial charge is 0.378 e. The van der Waals surface area contributed by atoms with Gasteiger partial charge in [0.05, 0.1) is 52.9 Å². The predicted molar refractivity (Wildman–Crippen MR) is 448 cm³/mol. The number of rotatable bonds is 18. The average molecular weight is 1790 g/mol. The largest absolute Gasteiger partial charge is 0.458 e. The normalized spacial score (nSPS) is 14.7. The van der Waals surface area contributed by atoms with Crippen LogP contribution in [0.3, 0.4) is 0 Å². The maximum Gasteiger partial charge on any atom is 0.458 e. The van der Waals surface area contributed by atoms with Crippen molar-refractivity contribution in [1.82, 2.24) is 74.3 Å². The molecule has 0 aliphatic carbocycles. The van der Waals surface area contributed by atoms with E-state index in [1.165, 1.54) is 0 Å². The molecule has 5 N–H and O–H groups in total. The van der Waals surface area contributed by atoms with Crippen LogP contribution in [0, 0.1) is 0 Å². The minimum Gasteiger partial charge on any atom is -0.378 e. The molecule has 0 unspecified atom stereocenters. The summed E-state index contributed by atoms with van der Waals surface area (Å²) >= 11 is 50.2. The number of alkyl halides is 6. The van der Waals surface area contributed by atoms with Gasteiger partial charge in [0.25, 0.3) is 0 Å². The van der Waals surface area contributed by atoms with Gasteiger partial charge < -0.3 is 60.2 Å². The molecule has 8 aromatic heterocycles. The summed E-state index contributed by atoms with van der Waals surface area (Å²) < 4.78 is 96.8. The quantitative estimate of drug-likeness (QED) is 0.0459. The Morgan fingerprint density at radius 2 is 0.661 bits per heavy atom. The van der Waals surface area contributed by atoms with E-state index in [-0.39, 0.29) is 0 Å². The fraction of sp³-hybridized carbons (Fsp3) is 0.359. The monoisotopic (exact) mass is 1790 g/mol. The number of morpholine rings is 4. The van der Waals surface area contributed by atoms with Crippen molar-refractivity contribution >= 4 is 151 Å². The molecule has 626 valence electrons. The highest BCUT2D eigenvalue weighted by Gasteiger charge is 2.54. The van der Waals surface area contributed by atoms with Crippen molar-refractivity contribution in [3.63, 3.8) is 0 Å². The average Bonchev–Trinajstić information content (AvgIpc) is 1.59. The van der Waals surface area contributed by atoms with E-state index in [4.69, 9.17) is 117 Å². The molecular formula is C78H80Cl8F6N20O6. The summed E-state index contributed by atoms with van der Waals surface area (Å²) in [6.07, 6.45) is -3.34. The molecule has 118 heavy (non-hydrogen) atoms. The summed E-state index contributed by atoms with van der Waals surface area (Å²) in [6.45, 7) is 21.7. The van der Waals surface area contributed by atoms with Gasteiger partial charge in [-0.1, -0.05) is 138 Å². The number of hydrogen-bond donors (Lipinski definition) is 4. The first kappa shape index (κ1) is 88.8. The summed E-state index contributed by atoms with van der Waals surface area (Å²) in [5.74, 6) is -3.54. The molecule has 4 aliphatic rings. The maximum atomic E-state index is 11.2. The number of nitrogens with two attached hydrogens (primary N) is 1. The van der Waals surface area contributed by atoms with Crippen molar-refractivity contribution < 1.29 is 54.9 Å². The molecule has 40 heteroatoms. The number of aromatic nitrogens is 12. The van der Waals surface area contributed by atoms with Crippen molar-refractivity contribution in [1.29, 1.82) is 0 Å². The number of hydrogen-bond acceptors (Lipinski definition) is 22. The third-order valence-electron chi connectivity index (χ3n) is 19.1. The Hall–Kier alpha value is -8.52. The van der Waals surface area contributed by atoms with Gasteiger partial charge in [-0.2, -0.15) is 26.3 Å². The fourth-order valence-electron chi connectivity index (χ4n) is 13.2. The Kier molecular flexibility index (Phi) is 30.3. The van der Waals surface area contributed by atoms with Crippen LogP contribution in [0.5, 0.6) is 0 Å². The molecule has 0 bridgehead atoms. The second-order valence-corrected chi connectivity index (χ2v) is 30.7. The number of ketones is 2. The van der Waals surface area contributed by atoms with E-state index in [0.717, 1.165) is 179 Å². The molecule has 26 nitrogen and oxygen atoms in total. The first-order valence-corrected chi connectivity index (χ1v) is 40.3. The summed E-state index contributed by atoms with van der Waals surface area (Å²) in [5.41, 5.74) is 21.2. The van der Waals surface area contributed by atoms with Crippen LogP contribution in [0.25, 0.3) is 67.1 Å². The van der Waals surface area contributed by atoms with E-state index in [0.29, 0.717) is 119 Å². The number of carbonyl (C=O) groups excluding carboxylic acids is 2. The van der Waals surface area contributed by atoms with Crippen LogP contribution in [-0.2, 0) is 54.7 Å². The van der Waals surface area contributed by atoms with Gasteiger partial charge in [0.15, 0.2) is 22.6 Å². The Labute approximate surface area is 713 Å². The van der Waals surface area contributed by atoms with Gasteiger partial charge >= 0.3 is 23.9 Å².